The lowest BCUT2D eigenvalue weighted by Gasteiger charge is -2.13. The number of nitrogens with zero attached hydrogens (tertiary/aromatic N) is 2. The van der Waals surface area contributed by atoms with Crippen LogP contribution < -0.4 is 10.9 Å². The number of aromatic amines is 1. The molecule has 0 bridgehead atoms. The van der Waals surface area contributed by atoms with Crippen molar-refractivity contribution in [1.29, 1.82) is 0 Å². The van der Waals surface area contributed by atoms with Crippen LogP contribution in [0.4, 0.5) is 5.69 Å². The number of anilines is 1. The molecule has 0 aliphatic carbocycles. The molecule has 1 aromatic carbocycles. The molecule has 0 saturated carbocycles. The van der Waals surface area contributed by atoms with E-state index >= 15 is 0 Å². The number of aromatic nitrogens is 3. The van der Waals surface area contributed by atoms with Gasteiger partial charge in [-0.3, -0.25) is 14.6 Å². The van der Waals surface area contributed by atoms with Crippen molar-refractivity contribution in [3.8, 4) is 0 Å². The molecule has 1 aromatic heterocycles. The van der Waals surface area contributed by atoms with Gasteiger partial charge in [-0.05, 0) is 31.5 Å². The highest BCUT2D eigenvalue weighted by Crippen LogP contribution is 2.24. The summed E-state index contributed by atoms with van der Waals surface area (Å²) in [7, 11) is 0. The van der Waals surface area contributed by atoms with Crippen LogP contribution in [0.3, 0.4) is 0 Å². The van der Waals surface area contributed by atoms with Gasteiger partial charge in [0.1, 0.15) is 6.20 Å². The van der Waals surface area contributed by atoms with Crippen LogP contribution >= 0.6 is 23.4 Å². The number of carbonyl (C=O) groups excluding carboxylic acids is 1. The molecule has 2 rings (SSSR count). The molecule has 8 heteroatoms. The van der Waals surface area contributed by atoms with Gasteiger partial charge in [0.25, 0.3) is 5.56 Å². The van der Waals surface area contributed by atoms with Crippen molar-refractivity contribution < 1.29 is 4.79 Å². The molecule has 0 fully saturated rings. The molecule has 2 N–H and O–H groups in total. The second-order valence-electron chi connectivity index (χ2n) is 4.30. The molecule has 0 aliphatic heterocycles. The Morgan fingerprint density at radius 2 is 2.24 bits per heavy atom. The Kier molecular flexibility index (Phi) is 4.98. The maximum Gasteiger partial charge on any atom is 0.270 e. The van der Waals surface area contributed by atoms with Crippen LogP contribution in [-0.2, 0) is 4.79 Å². The fourth-order valence-electron chi connectivity index (χ4n) is 1.55. The Bertz CT molecular complexity index is 719. The summed E-state index contributed by atoms with van der Waals surface area (Å²) in [4.78, 5) is 25.8. The number of rotatable bonds is 4. The number of hydrogen-bond donors (Lipinski definition) is 2. The summed E-state index contributed by atoms with van der Waals surface area (Å²) in [5.74, 6) is -0.211. The summed E-state index contributed by atoms with van der Waals surface area (Å²) in [6.07, 6.45) is 1.07. The molecule has 0 spiro atoms. The Balaban J connectivity index is 2.06. The van der Waals surface area contributed by atoms with E-state index in [2.05, 4.69) is 20.5 Å². The zero-order valence-corrected chi connectivity index (χ0v) is 13.0. The van der Waals surface area contributed by atoms with E-state index in [0.717, 1.165) is 23.5 Å². The van der Waals surface area contributed by atoms with Gasteiger partial charge in [-0.25, -0.2) is 0 Å². The van der Waals surface area contributed by atoms with Gasteiger partial charge in [-0.1, -0.05) is 29.4 Å². The van der Waals surface area contributed by atoms with Crippen LogP contribution in [0.15, 0.2) is 34.3 Å². The minimum Gasteiger partial charge on any atom is -0.325 e. The molecule has 1 amide bonds. The van der Waals surface area contributed by atoms with Gasteiger partial charge in [0.2, 0.25) is 5.91 Å². The topological polar surface area (TPSA) is 87.7 Å². The van der Waals surface area contributed by atoms with Crippen LogP contribution in [0.25, 0.3) is 0 Å². The Morgan fingerprint density at radius 3 is 2.95 bits per heavy atom. The second-order valence-corrected chi connectivity index (χ2v) is 6.04. The number of carbonyl (C=O) groups is 1. The number of benzene rings is 1. The van der Waals surface area contributed by atoms with Gasteiger partial charge in [0.15, 0.2) is 5.16 Å². The highest BCUT2D eigenvalue weighted by Gasteiger charge is 2.17. The van der Waals surface area contributed by atoms with E-state index in [1.165, 1.54) is 0 Å². The molecule has 1 unspecified atom stereocenters. The first kappa shape index (κ1) is 15.5. The van der Waals surface area contributed by atoms with E-state index in [9.17, 15) is 9.59 Å². The lowest BCUT2D eigenvalue weighted by molar-refractivity contribution is -0.115. The molecule has 2 aromatic rings. The molecular weight excluding hydrogens is 312 g/mol. The molecule has 6 nitrogen and oxygen atoms in total. The van der Waals surface area contributed by atoms with Crippen molar-refractivity contribution >= 4 is 35.0 Å². The van der Waals surface area contributed by atoms with Crippen molar-refractivity contribution in [2.24, 2.45) is 0 Å². The monoisotopic (exact) mass is 324 g/mol. The highest BCUT2D eigenvalue weighted by atomic mass is 35.5. The van der Waals surface area contributed by atoms with E-state index in [0.29, 0.717) is 15.9 Å². The summed E-state index contributed by atoms with van der Waals surface area (Å²) < 4.78 is 0. The molecule has 1 atom stereocenters. The average Bonchev–Trinajstić information content (AvgIpc) is 2.44. The maximum absolute atomic E-state index is 12.2. The van der Waals surface area contributed by atoms with Gasteiger partial charge in [0.05, 0.1) is 5.25 Å². The van der Waals surface area contributed by atoms with Gasteiger partial charge >= 0.3 is 0 Å². The predicted molar refractivity (Wildman–Crippen MR) is 82.8 cm³/mol. The summed E-state index contributed by atoms with van der Waals surface area (Å²) in [6.45, 7) is 3.54. The van der Waals surface area contributed by atoms with Crippen LogP contribution in [-0.4, -0.2) is 26.3 Å². The lowest BCUT2D eigenvalue weighted by atomic mass is 10.2. The molecule has 0 aliphatic rings. The van der Waals surface area contributed by atoms with Gasteiger partial charge < -0.3 is 5.32 Å². The Hall–Kier alpha value is -1.86. The van der Waals surface area contributed by atoms with Crippen molar-refractivity contribution in [1.82, 2.24) is 15.2 Å². The number of halogens is 1. The van der Waals surface area contributed by atoms with Crippen molar-refractivity contribution in [2.45, 2.75) is 24.3 Å². The first-order chi connectivity index (χ1) is 9.97. The third kappa shape index (κ3) is 4.05. The lowest BCUT2D eigenvalue weighted by Crippen LogP contribution is -2.23. The highest BCUT2D eigenvalue weighted by molar-refractivity contribution is 8.00. The molecule has 0 saturated heterocycles. The summed E-state index contributed by atoms with van der Waals surface area (Å²) in [6, 6.07) is 5.30. The fourth-order valence-corrected chi connectivity index (χ4v) is 2.48. The van der Waals surface area contributed by atoms with Gasteiger partial charge in [-0.2, -0.15) is 5.10 Å². The maximum atomic E-state index is 12.2. The van der Waals surface area contributed by atoms with Crippen LogP contribution in [0.2, 0.25) is 5.02 Å². The van der Waals surface area contributed by atoms with Crippen LogP contribution in [0.5, 0.6) is 0 Å². The van der Waals surface area contributed by atoms with E-state index in [4.69, 9.17) is 11.6 Å². The normalized spacial score (nSPS) is 12.0. The van der Waals surface area contributed by atoms with Crippen molar-refractivity contribution in [3.05, 3.63) is 45.3 Å². The number of H-pyrrole nitrogens is 1. The molecular formula is C13H13ClN4O2S. The summed E-state index contributed by atoms with van der Waals surface area (Å²) in [5, 5.41) is 10.5. The van der Waals surface area contributed by atoms with Gasteiger partial charge in [0, 0.05) is 10.7 Å². The quantitative estimate of drug-likeness (QED) is 0.842. The SMILES string of the molecule is Cc1c(Cl)cccc1NC(=O)C(C)Sc1nncc(=O)[nH]1. The van der Waals surface area contributed by atoms with E-state index < -0.39 is 5.25 Å². The number of hydrogen-bond acceptors (Lipinski definition) is 5. The molecule has 1 heterocycles. The minimum atomic E-state index is -0.448. The Morgan fingerprint density at radius 1 is 1.48 bits per heavy atom. The smallest absolute Gasteiger partial charge is 0.270 e. The van der Waals surface area contributed by atoms with Crippen LogP contribution in [0, 0.1) is 6.92 Å². The number of amides is 1. The first-order valence-corrected chi connectivity index (χ1v) is 7.38. The van der Waals surface area contributed by atoms with E-state index in [1.54, 1.807) is 25.1 Å². The molecule has 0 radical (unpaired) electrons. The first-order valence-electron chi connectivity index (χ1n) is 6.12. The zero-order chi connectivity index (χ0) is 15.4. The number of nitrogens with one attached hydrogen (secondary N) is 2. The Labute approximate surface area is 130 Å². The fraction of sp³-hybridized carbons (Fsp3) is 0.231. The minimum absolute atomic E-state index is 0.211. The van der Waals surface area contributed by atoms with E-state index in [1.807, 2.05) is 6.92 Å². The summed E-state index contributed by atoms with van der Waals surface area (Å²) >= 11 is 7.13. The zero-order valence-electron chi connectivity index (χ0n) is 11.4. The summed E-state index contributed by atoms with van der Waals surface area (Å²) in [5.41, 5.74) is 1.11. The largest absolute Gasteiger partial charge is 0.325 e. The third-order valence-corrected chi connectivity index (χ3v) is 4.12. The van der Waals surface area contributed by atoms with Gasteiger partial charge in [-0.15, -0.1) is 5.10 Å². The van der Waals surface area contributed by atoms with Crippen LogP contribution in [0.1, 0.15) is 12.5 Å². The molecule has 110 valence electrons. The van der Waals surface area contributed by atoms with Crippen molar-refractivity contribution in [3.63, 3.8) is 0 Å². The molecule has 21 heavy (non-hydrogen) atoms. The predicted octanol–water partition coefficient (Wildman–Crippen LogP) is 2.25. The second kappa shape index (κ2) is 6.73. The van der Waals surface area contributed by atoms with E-state index in [-0.39, 0.29) is 11.5 Å². The third-order valence-electron chi connectivity index (χ3n) is 2.74. The number of thioether (sulfide) groups is 1. The standard InChI is InChI=1S/C13H13ClN4O2S/c1-7-9(14)4-3-5-10(7)16-12(20)8(2)21-13-17-11(19)6-15-18-13/h3-6,8H,1-2H3,(H,16,20)(H,17,18,19). The average molecular weight is 325 g/mol. The van der Waals surface area contributed by atoms with Crippen molar-refractivity contribution in [2.75, 3.05) is 5.32 Å².